The fourth-order valence-electron chi connectivity index (χ4n) is 3.61. The topological polar surface area (TPSA) is 69.7 Å². The zero-order valence-electron chi connectivity index (χ0n) is 15.3. The first kappa shape index (κ1) is 17.8. The van der Waals surface area contributed by atoms with Gasteiger partial charge in [0, 0.05) is 42.3 Å². The van der Waals surface area contributed by atoms with E-state index in [2.05, 4.69) is 60.5 Å². The lowest BCUT2D eigenvalue weighted by molar-refractivity contribution is 0.496. The van der Waals surface area contributed by atoms with Crippen LogP contribution in [-0.4, -0.2) is 39.6 Å². The van der Waals surface area contributed by atoms with Gasteiger partial charge in [-0.1, -0.05) is 35.9 Å². The van der Waals surface area contributed by atoms with Gasteiger partial charge in [-0.15, -0.1) is 0 Å². The molecule has 7 heteroatoms. The number of H-pyrrole nitrogens is 1. The van der Waals surface area contributed by atoms with Gasteiger partial charge in [0.2, 0.25) is 11.9 Å². The van der Waals surface area contributed by atoms with Gasteiger partial charge in [-0.2, -0.15) is 15.0 Å². The van der Waals surface area contributed by atoms with Gasteiger partial charge in [-0.05, 0) is 37.3 Å². The lowest BCUT2D eigenvalue weighted by Gasteiger charge is -2.32. The van der Waals surface area contributed by atoms with E-state index >= 15 is 0 Å². The number of nitrogens with one attached hydrogen (secondary N) is 2. The van der Waals surface area contributed by atoms with Crippen molar-refractivity contribution in [1.29, 1.82) is 0 Å². The van der Waals surface area contributed by atoms with Crippen molar-refractivity contribution in [3.05, 3.63) is 53.5 Å². The van der Waals surface area contributed by atoms with E-state index in [4.69, 9.17) is 11.6 Å². The third-order valence-electron chi connectivity index (χ3n) is 4.90. The molecule has 1 atom stereocenters. The summed E-state index contributed by atoms with van der Waals surface area (Å²) in [4.78, 5) is 19.4. The summed E-state index contributed by atoms with van der Waals surface area (Å²) in [6.45, 7) is 4.34. The summed E-state index contributed by atoms with van der Waals surface area (Å²) in [5.74, 6) is 2.48. The molecule has 1 aromatic carbocycles. The highest BCUT2D eigenvalue weighted by Gasteiger charge is 2.25. The normalized spacial score (nSPS) is 17.7. The zero-order chi connectivity index (χ0) is 18.6. The van der Waals surface area contributed by atoms with Crippen molar-refractivity contribution in [3.8, 4) is 0 Å². The predicted molar refractivity (Wildman–Crippen MR) is 111 cm³/mol. The van der Waals surface area contributed by atoms with Crippen LogP contribution in [0.15, 0.2) is 41.9 Å². The number of fused-ring (bicyclic) bond motifs is 1. The van der Waals surface area contributed by atoms with Crippen molar-refractivity contribution >= 4 is 34.4 Å². The molecule has 4 rings (SSSR count). The first-order valence-electron chi connectivity index (χ1n) is 9.27. The van der Waals surface area contributed by atoms with Gasteiger partial charge in [0.25, 0.3) is 0 Å². The van der Waals surface area contributed by atoms with Crippen LogP contribution in [0.4, 0.5) is 11.9 Å². The quantitative estimate of drug-likeness (QED) is 0.691. The Hall–Kier alpha value is -2.60. The van der Waals surface area contributed by atoms with Gasteiger partial charge in [-0.3, -0.25) is 0 Å². The number of para-hydroxylation sites is 1. The number of aromatic amines is 1. The standard InChI is InChI=1S/C20H23ClN6/c1-14-23-19(22-10-5-9-21)26-20(24-14)27-11-4-7-16(13-27)18-12-15-6-2-3-8-17(15)25-18/h2-3,5-6,8-9,12,16,25H,4,7,10-11,13H2,1H3,(H,22,23,24,26)/b9-5+. The molecule has 27 heavy (non-hydrogen) atoms. The minimum absolute atomic E-state index is 0.443. The number of anilines is 2. The second-order valence-electron chi connectivity index (χ2n) is 6.85. The summed E-state index contributed by atoms with van der Waals surface area (Å²) in [5.41, 5.74) is 3.97. The largest absolute Gasteiger partial charge is 0.358 e. The SMILES string of the molecule is Cc1nc(NC/C=C/Cl)nc(N2CCCC(c3cc4ccccc4[nH]3)C2)n1. The summed E-state index contributed by atoms with van der Waals surface area (Å²) >= 11 is 5.57. The molecule has 2 aromatic heterocycles. The number of aryl methyl sites for hydroxylation is 1. The summed E-state index contributed by atoms with van der Waals surface area (Å²) < 4.78 is 0. The Balaban J connectivity index is 1.54. The maximum Gasteiger partial charge on any atom is 0.230 e. The number of halogens is 1. The Kier molecular flexibility index (Phi) is 5.25. The second-order valence-corrected chi connectivity index (χ2v) is 7.10. The highest BCUT2D eigenvalue weighted by atomic mass is 35.5. The Morgan fingerprint density at radius 1 is 1.30 bits per heavy atom. The molecule has 1 aliphatic heterocycles. The Labute approximate surface area is 163 Å². The van der Waals surface area contributed by atoms with Gasteiger partial charge in [0.15, 0.2) is 0 Å². The summed E-state index contributed by atoms with van der Waals surface area (Å²) in [6.07, 6.45) is 4.09. The summed E-state index contributed by atoms with van der Waals surface area (Å²) in [7, 11) is 0. The van der Waals surface area contributed by atoms with Crippen molar-refractivity contribution in [2.45, 2.75) is 25.7 Å². The minimum atomic E-state index is 0.443. The number of piperidine rings is 1. The van der Waals surface area contributed by atoms with Crippen LogP contribution in [0, 0.1) is 6.92 Å². The van der Waals surface area contributed by atoms with Crippen LogP contribution >= 0.6 is 11.6 Å². The van der Waals surface area contributed by atoms with Gasteiger partial charge >= 0.3 is 0 Å². The molecule has 0 bridgehead atoms. The van der Waals surface area contributed by atoms with Gasteiger partial charge < -0.3 is 15.2 Å². The number of benzene rings is 1. The molecule has 1 saturated heterocycles. The second kappa shape index (κ2) is 7.96. The van der Waals surface area contributed by atoms with Crippen LogP contribution in [0.5, 0.6) is 0 Å². The molecule has 0 radical (unpaired) electrons. The lowest BCUT2D eigenvalue weighted by Crippen LogP contribution is -2.36. The first-order valence-corrected chi connectivity index (χ1v) is 9.71. The van der Waals surface area contributed by atoms with Crippen molar-refractivity contribution in [2.24, 2.45) is 0 Å². The fraction of sp³-hybridized carbons (Fsp3) is 0.350. The summed E-state index contributed by atoms with van der Waals surface area (Å²) in [5, 5.41) is 4.42. The smallest absolute Gasteiger partial charge is 0.230 e. The first-order chi connectivity index (χ1) is 13.2. The van der Waals surface area contributed by atoms with Gasteiger partial charge in [-0.25, -0.2) is 0 Å². The molecule has 0 saturated carbocycles. The van der Waals surface area contributed by atoms with Gasteiger partial charge in [0.05, 0.1) is 0 Å². The molecule has 140 valence electrons. The summed E-state index contributed by atoms with van der Waals surface area (Å²) in [6, 6.07) is 10.7. The van der Waals surface area contributed by atoms with Crippen LogP contribution in [0.1, 0.15) is 30.3 Å². The molecule has 6 nitrogen and oxygen atoms in total. The molecule has 1 aliphatic rings. The molecule has 1 unspecified atom stereocenters. The van der Waals surface area contributed by atoms with Crippen molar-refractivity contribution in [3.63, 3.8) is 0 Å². The lowest BCUT2D eigenvalue weighted by atomic mass is 9.95. The molecule has 0 amide bonds. The Morgan fingerprint density at radius 2 is 2.19 bits per heavy atom. The van der Waals surface area contributed by atoms with Crippen LogP contribution in [0.25, 0.3) is 10.9 Å². The third-order valence-corrected chi connectivity index (χ3v) is 5.08. The third kappa shape index (κ3) is 4.06. The van der Waals surface area contributed by atoms with E-state index in [0.717, 1.165) is 25.5 Å². The minimum Gasteiger partial charge on any atom is -0.358 e. The number of rotatable bonds is 5. The van der Waals surface area contributed by atoms with Crippen LogP contribution in [-0.2, 0) is 0 Å². The number of aromatic nitrogens is 4. The van der Waals surface area contributed by atoms with Crippen LogP contribution in [0.3, 0.4) is 0 Å². The van der Waals surface area contributed by atoms with E-state index in [9.17, 15) is 0 Å². The van der Waals surface area contributed by atoms with Crippen LogP contribution < -0.4 is 10.2 Å². The van der Waals surface area contributed by atoms with E-state index in [0.29, 0.717) is 24.2 Å². The number of nitrogens with zero attached hydrogens (tertiary/aromatic N) is 4. The Morgan fingerprint density at radius 3 is 3.04 bits per heavy atom. The van der Waals surface area contributed by atoms with E-state index in [1.54, 1.807) is 0 Å². The molecule has 1 fully saturated rings. The average molecular weight is 383 g/mol. The predicted octanol–water partition coefficient (Wildman–Crippen LogP) is 4.21. The highest BCUT2D eigenvalue weighted by Crippen LogP contribution is 2.30. The zero-order valence-corrected chi connectivity index (χ0v) is 16.1. The van der Waals surface area contributed by atoms with Gasteiger partial charge in [0.1, 0.15) is 5.82 Å². The van der Waals surface area contributed by atoms with E-state index in [1.807, 2.05) is 13.0 Å². The maximum atomic E-state index is 5.57. The van der Waals surface area contributed by atoms with E-state index in [1.165, 1.54) is 28.6 Å². The highest BCUT2D eigenvalue weighted by molar-refractivity contribution is 6.25. The molecule has 3 aromatic rings. The van der Waals surface area contributed by atoms with E-state index in [-0.39, 0.29) is 0 Å². The molecule has 3 heterocycles. The molecule has 0 aliphatic carbocycles. The maximum absolute atomic E-state index is 5.57. The van der Waals surface area contributed by atoms with E-state index < -0.39 is 0 Å². The van der Waals surface area contributed by atoms with Crippen LogP contribution in [0.2, 0.25) is 0 Å². The fourth-order valence-corrected chi connectivity index (χ4v) is 3.70. The molecule has 0 spiro atoms. The number of hydrogen-bond donors (Lipinski definition) is 2. The number of hydrogen-bond acceptors (Lipinski definition) is 5. The molecular formula is C20H23ClN6. The molecule has 2 N–H and O–H groups in total. The molecular weight excluding hydrogens is 360 g/mol. The van der Waals surface area contributed by atoms with Crippen molar-refractivity contribution in [2.75, 3.05) is 29.9 Å². The van der Waals surface area contributed by atoms with Crippen molar-refractivity contribution in [1.82, 2.24) is 19.9 Å². The Bertz CT molecular complexity index is 918. The van der Waals surface area contributed by atoms with Crippen molar-refractivity contribution < 1.29 is 0 Å². The monoisotopic (exact) mass is 382 g/mol. The average Bonchev–Trinajstić information content (AvgIpc) is 3.12.